The third kappa shape index (κ3) is 3.28. The van der Waals surface area contributed by atoms with Gasteiger partial charge in [0.25, 0.3) is 0 Å². The number of aliphatic hydroxyl groups is 2. The summed E-state index contributed by atoms with van der Waals surface area (Å²) < 4.78 is 6.13. The summed E-state index contributed by atoms with van der Waals surface area (Å²) in [6.07, 6.45) is 8.96. The summed E-state index contributed by atoms with van der Waals surface area (Å²) in [5, 5.41) is 22.0. The number of carbonyl (C=O) groups is 1. The molecule has 5 fully saturated rings. The van der Waals surface area contributed by atoms with E-state index in [1.165, 1.54) is 32.1 Å². The van der Waals surface area contributed by atoms with E-state index in [4.69, 9.17) is 4.74 Å². The first-order valence-corrected chi connectivity index (χ1v) is 15.0. The van der Waals surface area contributed by atoms with Crippen molar-refractivity contribution in [3.05, 3.63) is 0 Å². The number of hydrogen-bond acceptors (Lipinski definition) is 4. The lowest BCUT2D eigenvalue weighted by molar-refractivity contribution is -0.280. The molecule has 0 bridgehead atoms. The van der Waals surface area contributed by atoms with Gasteiger partial charge in [0, 0.05) is 18.3 Å². The van der Waals surface area contributed by atoms with Gasteiger partial charge >= 0.3 is 5.97 Å². The molecule has 0 radical (unpaired) electrons. The third-order valence-corrected chi connectivity index (χ3v) is 14.2. The zero-order valence-corrected chi connectivity index (χ0v) is 24.6. The first-order valence-electron chi connectivity index (χ1n) is 15.0. The lowest BCUT2D eigenvalue weighted by Crippen LogP contribution is -2.70. The van der Waals surface area contributed by atoms with Crippen LogP contribution in [-0.2, 0) is 9.53 Å². The van der Waals surface area contributed by atoms with Crippen molar-refractivity contribution in [3.63, 3.8) is 0 Å². The molecular weight excluding hydrogens is 448 g/mol. The van der Waals surface area contributed by atoms with Crippen LogP contribution in [0.5, 0.6) is 0 Å². The minimum Gasteiger partial charge on any atom is -0.462 e. The lowest BCUT2D eigenvalue weighted by Gasteiger charge is -2.74. The molecule has 5 aliphatic carbocycles. The zero-order valence-electron chi connectivity index (χ0n) is 24.6. The molecule has 0 heterocycles. The molecule has 0 unspecified atom stereocenters. The molecule has 0 saturated heterocycles. The number of fused-ring (bicyclic) bond motifs is 7. The van der Waals surface area contributed by atoms with Gasteiger partial charge in [-0.1, -0.05) is 55.4 Å². The number of rotatable bonds is 1. The molecule has 0 aliphatic heterocycles. The Morgan fingerprint density at radius 3 is 1.86 bits per heavy atom. The summed E-state index contributed by atoms with van der Waals surface area (Å²) in [6.45, 7) is 20.8. The highest BCUT2D eigenvalue weighted by Crippen LogP contribution is 2.77. The van der Waals surface area contributed by atoms with Crippen LogP contribution < -0.4 is 0 Å². The van der Waals surface area contributed by atoms with E-state index in [2.05, 4.69) is 55.4 Å². The van der Waals surface area contributed by atoms with E-state index in [1.54, 1.807) is 6.92 Å². The normalized spacial score (nSPS) is 55.4. The van der Waals surface area contributed by atoms with E-state index < -0.39 is 12.2 Å². The van der Waals surface area contributed by atoms with E-state index in [1.807, 2.05) is 0 Å². The second-order valence-electron chi connectivity index (χ2n) is 16.3. The summed E-state index contributed by atoms with van der Waals surface area (Å²) in [4.78, 5) is 12.2. The summed E-state index contributed by atoms with van der Waals surface area (Å²) in [7, 11) is 0. The molecule has 206 valence electrons. The van der Waals surface area contributed by atoms with Gasteiger partial charge in [0.2, 0.25) is 0 Å². The molecule has 5 aliphatic rings. The monoisotopic (exact) mass is 502 g/mol. The maximum Gasteiger partial charge on any atom is 0.302 e. The maximum atomic E-state index is 12.2. The van der Waals surface area contributed by atoms with Crippen LogP contribution in [0.2, 0.25) is 0 Å². The average Bonchev–Trinajstić information content (AvgIpc) is 2.75. The SMILES string of the molecule is CC(=O)O[C@@H]1[C@H]2CC[C@@]3(C)[C@@H](CC[C@H]4[C@@]5(C)C[C@@H](O)[C@H](O)C(C)(C)[C@@H]5CC[C@@]43C)[C@]2(C)CCC1(C)C. The predicted octanol–water partition coefficient (Wildman–Crippen LogP) is 6.76. The lowest BCUT2D eigenvalue weighted by atomic mass is 9.30. The number of esters is 1. The highest BCUT2D eigenvalue weighted by Gasteiger charge is 2.72. The molecule has 0 spiro atoms. The van der Waals surface area contributed by atoms with Crippen molar-refractivity contribution in [1.29, 1.82) is 0 Å². The van der Waals surface area contributed by atoms with Gasteiger partial charge in [0.05, 0.1) is 12.2 Å². The van der Waals surface area contributed by atoms with Crippen molar-refractivity contribution >= 4 is 5.97 Å². The zero-order chi connectivity index (χ0) is 26.7. The first-order chi connectivity index (χ1) is 16.4. The molecular formula is C32H54O4. The average molecular weight is 503 g/mol. The first kappa shape index (κ1) is 27.0. The largest absolute Gasteiger partial charge is 0.462 e. The van der Waals surface area contributed by atoms with E-state index in [0.717, 1.165) is 25.7 Å². The number of carbonyl (C=O) groups excluding carboxylic acids is 1. The summed E-state index contributed by atoms with van der Waals surface area (Å²) >= 11 is 0. The summed E-state index contributed by atoms with van der Waals surface area (Å²) in [5.41, 5.74) is 0.466. The van der Waals surface area contributed by atoms with Gasteiger partial charge in [0.15, 0.2) is 0 Å². The van der Waals surface area contributed by atoms with Gasteiger partial charge in [-0.05, 0) is 103 Å². The Morgan fingerprint density at radius 1 is 0.722 bits per heavy atom. The predicted molar refractivity (Wildman–Crippen MR) is 143 cm³/mol. The van der Waals surface area contributed by atoms with Crippen molar-refractivity contribution in [1.82, 2.24) is 0 Å². The molecule has 11 atom stereocenters. The quantitative estimate of drug-likeness (QED) is 0.389. The van der Waals surface area contributed by atoms with E-state index in [9.17, 15) is 15.0 Å². The molecule has 0 aromatic heterocycles. The highest BCUT2D eigenvalue weighted by molar-refractivity contribution is 5.66. The topological polar surface area (TPSA) is 66.8 Å². The minimum atomic E-state index is -0.634. The van der Waals surface area contributed by atoms with Crippen molar-refractivity contribution in [3.8, 4) is 0 Å². The summed E-state index contributed by atoms with van der Waals surface area (Å²) in [6, 6.07) is 0. The van der Waals surface area contributed by atoms with Crippen molar-refractivity contribution in [2.75, 3.05) is 0 Å². The van der Waals surface area contributed by atoms with Gasteiger partial charge in [-0.15, -0.1) is 0 Å². The van der Waals surface area contributed by atoms with E-state index >= 15 is 0 Å². The Morgan fingerprint density at radius 2 is 1.28 bits per heavy atom. The van der Waals surface area contributed by atoms with Crippen LogP contribution in [0.3, 0.4) is 0 Å². The maximum absolute atomic E-state index is 12.2. The van der Waals surface area contributed by atoms with Crippen LogP contribution in [0.1, 0.15) is 120 Å². The van der Waals surface area contributed by atoms with Crippen molar-refractivity contribution in [2.24, 2.45) is 56.2 Å². The molecule has 36 heavy (non-hydrogen) atoms. The molecule has 5 rings (SSSR count). The Kier molecular flexibility index (Phi) is 5.97. The van der Waals surface area contributed by atoms with Gasteiger partial charge in [-0.2, -0.15) is 0 Å². The van der Waals surface area contributed by atoms with Gasteiger partial charge in [-0.25, -0.2) is 0 Å². The Hall–Kier alpha value is -0.610. The molecule has 0 aromatic rings. The molecule has 0 aromatic carbocycles. The van der Waals surface area contributed by atoms with Crippen LogP contribution >= 0.6 is 0 Å². The van der Waals surface area contributed by atoms with Crippen LogP contribution in [-0.4, -0.2) is 34.5 Å². The number of hydrogen-bond donors (Lipinski definition) is 2. The standard InChI is InChI=1S/C32H54O4/c1-19(33)36-26-20-12-14-31(8)23(29(20,6)17-16-27(26,2)3)10-11-24-30(7)18-21(34)25(35)28(4,5)22(30)13-15-32(24,31)9/h20-26,34-35H,10-18H2,1-9H3/t20-,21-,22+,23+,24+,25+,26-,29-,30+,31+,32+/m1/s1. The minimum absolute atomic E-state index is 0.00728. The Labute approximate surface area is 220 Å². The van der Waals surface area contributed by atoms with Crippen LogP contribution in [0.15, 0.2) is 0 Å². The van der Waals surface area contributed by atoms with Gasteiger partial charge in [0.1, 0.15) is 6.10 Å². The van der Waals surface area contributed by atoms with Crippen molar-refractivity contribution in [2.45, 2.75) is 138 Å². The van der Waals surface area contributed by atoms with Crippen LogP contribution in [0.25, 0.3) is 0 Å². The Balaban J connectivity index is 1.52. The Bertz CT molecular complexity index is 910. The van der Waals surface area contributed by atoms with E-state index in [0.29, 0.717) is 23.7 Å². The van der Waals surface area contributed by atoms with Crippen LogP contribution in [0, 0.1) is 56.2 Å². The van der Waals surface area contributed by atoms with Crippen LogP contribution in [0.4, 0.5) is 0 Å². The van der Waals surface area contributed by atoms with Gasteiger partial charge in [-0.3, -0.25) is 4.79 Å². The van der Waals surface area contributed by atoms with Gasteiger partial charge < -0.3 is 14.9 Å². The third-order valence-electron chi connectivity index (χ3n) is 14.2. The number of ether oxygens (including phenoxy) is 1. The van der Waals surface area contributed by atoms with Crippen molar-refractivity contribution < 1.29 is 19.7 Å². The fraction of sp³-hybridized carbons (Fsp3) is 0.969. The summed E-state index contributed by atoms with van der Waals surface area (Å²) in [5.74, 6) is 1.94. The smallest absolute Gasteiger partial charge is 0.302 e. The molecule has 2 N–H and O–H groups in total. The second kappa shape index (κ2) is 7.96. The molecule has 4 heteroatoms. The fourth-order valence-corrected chi connectivity index (χ4v) is 12.2. The molecule has 0 amide bonds. The fourth-order valence-electron chi connectivity index (χ4n) is 12.2. The number of aliphatic hydroxyl groups excluding tert-OH is 2. The second-order valence-corrected chi connectivity index (χ2v) is 16.3. The highest BCUT2D eigenvalue weighted by atomic mass is 16.5. The molecule has 5 saturated carbocycles. The van der Waals surface area contributed by atoms with E-state index in [-0.39, 0.29) is 44.6 Å². The molecule has 4 nitrogen and oxygen atoms in total.